The SMILES string of the molecule is COc1cc2[nH]c(C)c(CCN3CCC(c4ccccc4)CC3)c2cc1OC. The Bertz CT molecular complexity index is 925. The molecule has 1 aromatic heterocycles. The predicted octanol–water partition coefficient (Wildman–Crippen LogP) is 4.92. The maximum absolute atomic E-state index is 5.51. The molecule has 3 aromatic rings. The molecule has 4 nitrogen and oxygen atoms in total. The number of benzene rings is 2. The average molecular weight is 379 g/mol. The first-order chi connectivity index (χ1) is 13.7. The summed E-state index contributed by atoms with van der Waals surface area (Å²) < 4.78 is 10.9. The zero-order chi connectivity index (χ0) is 19.5. The summed E-state index contributed by atoms with van der Waals surface area (Å²) in [4.78, 5) is 6.12. The zero-order valence-electron chi connectivity index (χ0n) is 17.1. The third kappa shape index (κ3) is 3.74. The molecule has 0 radical (unpaired) electrons. The van der Waals surface area contributed by atoms with Gasteiger partial charge in [0.15, 0.2) is 11.5 Å². The number of hydrogen-bond acceptors (Lipinski definition) is 3. The number of aromatic nitrogens is 1. The molecule has 0 spiro atoms. The summed E-state index contributed by atoms with van der Waals surface area (Å²) in [7, 11) is 3.37. The number of fused-ring (bicyclic) bond motifs is 1. The van der Waals surface area contributed by atoms with Crippen LogP contribution in [0.4, 0.5) is 0 Å². The normalized spacial score (nSPS) is 15.8. The summed E-state index contributed by atoms with van der Waals surface area (Å²) >= 11 is 0. The molecule has 0 aliphatic carbocycles. The van der Waals surface area contributed by atoms with Gasteiger partial charge in [-0.05, 0) is 62.4 Å². The fraction of sp³-hybridized carbons (Fsp3) is 0.417. The van der Waals surface area contributed by atoms with Crippen molar-refractivity contribution in [2.24, 2.45) is 0 Å². The van der Waals surface area contributed by atoms with Crippen LogP contribution < -0.4 is 9.47 Å². The van der Waals surface area contributed by atoms with E-state index in [0.29, 0.717) is 5.92 Å². The second kappa shape index (κ2) is 8.27. The Labute approximate surface area is 167 Å². The van der Waals surface area contributed by atoms with Gasteiger partial charge in [-0.15, -0.1) is 0 Å². The number of aryl methyl sites for hydroxylation is 1. The van der Waals surface area contributed by atoms with Crippen molar-refractivity contribution in [2.75, 3.05) is 33.9 Å². The standard InChI is InChI=1S/C24H30N2O2/c1-17-20(21-15-23(27-2)24(28-3)16-22(21)25-17)11-14-26-12-9-19(10-13-26)18-7-5-4-6-8-18/h4-8,15-16,19,25H,9-14H2,1-3H3. The third-order valence-electron chi connectivity index (χ3n) is 6.16. The number of H-pyrrole nitrogens is 1. The highest BCUT2D eigenvalue weighted by Gasteiger charge is 2.21. The molecule has 0 bridgehead atoms. The van der Waals surface area contributed by atoms with Crippen LogP contribution in [0.15, 0.2) is 42.5 Å². The lowest BCUT2D eigenvalue weighted by Gasteiger charge is -2.32. The molecular weight excluding hydrogens is 348 g/mol. The van der Waals surface area contributed by atoms with Gasteiger partial charge < -0.3 is 19.4 Å². The van der Waals surface area contributed by atoms with E-state index in [4.69, 9.17) is 9.47 Å². The number of rotatable bonds is 6. The van der Waals surface area contributed by atoms with Crippen molar-refractivity contribution >= 4 is 10.9 Å². The van der Waals surface area contributed by atoms with E-state index in [-0.39, 0.29) is 0 Å². The number of hydrogen-bond donors (Lipinski definition) is 1. The van der Waals surface area contributed by atoms with Crippen LogP contribution in [0.25, 0.3) is 10.9 Å². The van der Waals surface area contributed by atoms with Crippen molar-refractivity contribution in [3.05, 3.63) is 59.3 Å². The number of ether oxygens (including phenoxy) is 2. The second-order valence-corrected chi connectivity index (χ2v) is 7.76. The van der Waals surface area contributed by atoms with Crippen molar-refractivity contribution in [3.63, 3.8) is 0 Å². The first kappa shape index (κ1) is 18.9. The average Bonchev–Trinajstić information content (AvgIpc) is 3.06. The Morgan fingerprint density at radius 1 is 1.00 bits per heavy atom. The smallest absolute Gasteiger partial charge is 0.162 e. The molecule has 2 aromatic carbocycles. The van der Waals surface area contributed by atoms with Gasteiger partial charge >= 0.3 is 0 Å². The van der Waals surface area contributed by atoms with Crippen molar-refractivity contribution in [2.45, 2.75) is 32.1 Å². The number of aromatic amines is 1. The van der Waals surface area contributed by atoms with Crippen LogP contribution in [0.2, 0.25) is 0 Å². The Hall–Kier alpha value is -2.46. The number of methoxy groups -OCH3 is 2. The van der Waals surface area contributed by atoms with Crippen LogP contribution >= 0.6 is 0 Å². The van der Waals surface area contributed by atoms with Crippen LogP contribution in [0, 0.1) is 6.92 Å². The van der Waals surface area contributed by atoms with Gasteiger partial charge in [-0.1, -0.05) is 30.3 Å². The number of piperidine rings is 1. The largest absolute Gasteiger partial charge is 0.493 e. The van der Waals surface area contributed by atoms with Gasteiger partial charge in [0, 0.05) is 29.2 Å². The van der Waals surface area contributed by atoms with E-state index in [1.165, 1.54) is 48.1 Å². The minimum absolute atomic E-state index is 0.712. The highest BCUT2D eigenvalue weighted by atomic mass is 16.5. The van der Waals surface area contributed by atoms with Crippen molar-refractivity contribution < 1.29 is 9.47 Å². The molecule has 4 rings (SSSR count). The van der Waals surface area contributed by atoms with Crippen LogP contribution in [-0.2, 0) is 6.42 Å². The van der Waals surface area contributed by atoms with Crippen LogP contribution in [0.3, 0.4) is 0 Å². The monoisotopic (exact) mass is 378 g/mol. The molecule has 4 heteroatoms. The van der Waals surface area contributed by atoms with Crippen molar-refractivity contribution in [1.29, 1.82) is 0 Å². The molecule has 1 aliphatic heterocycles. The molecule has 1 aliphatic rings. The van der Waals surface area contributed by atoms with Gasteiger partial charge in [-0.25, -0.2) is 0 Å². The molecule has 1 saturated heterocycles. The zero-order valence-corrected chi connectivity index (χ0v) is 17.1. The minimum atomic E-state index is 0.712. The first-order valence-electron chi connectivity index (χ1n) is 10.2. The number of likely N-dealkylation sites (tertiary alicyclic amines) is 1. The third-order valence-corrected chi connectivity index (χ3v) is 6.16. The van der Waals surface area contributed by atoms with E-state index in [9.17, 15) is 0 Å². The van der Waals surface area contributed by atoms with E-state index in [2.05, 4.69) is 53.2 Å². The maximum Gasteiger partial charge on any atom is 0.162 e. The molecule has 1 N–H and O–H groups in total. The summed E-state index contributed by atoms with van der Waals surface area (Å²) in [5.74, 6) is 2.27. The summed E-state index contributed by atoms with van der Waals surface area (Å²) in [6.07, 6.45) is 3.56. The van der Waals surface area contributed by atoms with E-state index in [1.54, 1.807) is 14.2 Å². The summed E-state index contributed by atoms with van der Waals surface area (Å²) in [6, 6.07) is 15.1. The molecule has 1 fully saturated rings. The molecule has 0 amide bonds. The summed E-state index contributed by atoms with van der Waals surface area (Å²) in [5.41, 5.74) is 5.24. The maximum atomic E-state index is 5.51. The van der Waals surface area contributed by atoms with Crippen LogP contribution in [0.1, 0.15) is 35.6 Å². The first-order valence-corrected chi connectivity index (χ1v) is 10.2. The molecule has 0 atom stereocenters. The Kier molecular flexibility index (Phi) is 5.58. The summed E-state index contributed by atoms with van der Waals surface area (Å²) in [5, 5.41) is 1.24. The van der Waals surface area contributed by atoms with Gasteiger partial charge in [0.25, 0.3) is 0 Å². The lowest BCUT2D eigenvalue weighted by Crippen LogP contribution is -2.34. The van der Waals surface area contributed by atoms with Crippen LogP contribution in [-0.4, -0.2) is 43.7 Å². The summed E-state index contributed by atoms with van der Waals surface area (Å²) in [6.45, 7) is 5.62. The van der Waals surface area contributed by atoms with E-state index in [0.717, 1.165) is 30.0 Å². The Balaban J connectivity index is 1.43. The van der Waals surface area contributed by atoms with E-state index < -0.39 is 0 Å². The molecule has 0 saturated carbocycles. The number of nitrogens with one attached hydrogen (secondary N) is 1. The van der Waals surface area contributed by atoms with Crippen molar-refractivity contribution in [3.8, 4) is 11.5 Å². The highest BCUT2D eigenvalue weighted by molar-refractivity contribution is 5.88. The molecule has 0 unspecified atom stereocenters. The fourth-order valence-corrected chi connectivity index (χ4v) is 4.52. The second-order valence-electron chi connectivity index (χ2n) is 7.76. The quantitative estimate of drug-likeness (QED) is 0.662. The highest BCUT2D eigenvalue weighted by Crippen LogP contribution is 2.35. The van der Waals surface area contributed by atoms with Gasteiger partial charge in [0.05, 0.1) is 14.2 Å². The van der Waals surface area contributed by atoms with Gasteiger partial charge in [0.1, 0.15) is 0 Å². The molecule has 148 valence electrons. The van der Waals surface area contributed by atoms with Gasteiger partial charge in [-0.2, -0.15) is 0 Å². The Morgan fingerprint density at radius 3 is 2.36 bits per heavy atom. The lowest BCUT2D eigenvalue weighted by molar-refractivity contribution is 0.214. The predicted molar refractivity (Wildman–Crippen MR) is 115 cm³/mol. The lowest BCUT2D eigenvalue weighted by atomic mass is 9.89. The van der Waals surface area contributed by atoms with E-state index in [1.807, 2.05) is 6.07 Å². The molecule has 2 heterocycles. The fourth-order valence-electron chi connectivity index (χ4n) is 4.52. The van der Waals surface area contributed by atoms with Gasteiger partial charge in [0.2, 0.25) is 0 Å². The minimum Gasteiger partial charge on any atom is -0.493 e. The van der Waals surface area contributed by atoms with E-state index >= 15 is 0 Å². The number of nitrogens with zero attached hydrogens (tertiary/aromatic N) is 1. The van der Waals surface area contributed by atoms with Crippen LogP contribution in [0.5, 0.6) is 11.5 Å². The molecular formula is C24H30N2O2. The van der Waals surface area contributed by atoms with Crippen molar-refractivity contribution in [1.82, 2.24) is 9.88 Å². The Morgan fingerprint density at radius 2 is 1.68 bits per heavy atom. The molecule has 28 heavy (non-hydrogen) atoms. The topological polar surface area (TPSA) is 37.5 Å². The van der Waals surface area contributed by atoms with Gasteiger partial charge in [-0.3, -0.25) is 0 Å².